The van der Waals surface area contributed by atoms with Gasteiger partial charge in [-0.15, -0.1) is 0 Å². The first kappa shape index (κ1) is 25.9. The van der Waals surface area contributed by atoms with Crippen molar-refractivity contribution in [1.82, 2.24) is 20.0 Å². The second kappa shape index (κ2) is 10.8. The maximum absolute atomic E-state index is 13.4. The fourth-order valence-electron chi connectivity index (χ4n) is 4.46. The van der Waals surface area contributed by atoms with E-state index < -0.39 is 11.7 Å². The standard InChI is InChI=1S/C26H32F3N5O2/c1-4-5-6-10-21(35)33-11-13-34(14-12-33)24-22-23(18-8-7-9-19(16-18)26(27,28)29)32-36-25(22)31-20(30-24)15-17(2)3/h7-9,16-17H,4-6,10-15H2,1-3H3. The van der Waals surface area contributed by atoms with E-state index >= 15 is 0 Å². The molecule has 194 valence electrons. The third kappa shape index (κ3) is 5.79. The van der Waals surface area contributed by atoms with E-state index in [1.54, 1.807) is 6.07 Å². The van der Waals surface area contributed by atoms with Crippen LogP contribution in [-0.2, 0) is 17.4 Å². The predicted octanol–water partition coefficient (Wildman–Crippen LogP) is 5.73. The molecule has 1 amide bonds. The summed E-state index contributed by atoms with van der Waals surface area (Å²) in [4.78, 5) is 25.8. The maximum atomic E-state index is 13.4. The highest BCUT2D eigenvalue weighted by Gasteiger charge is 2.32. The molecule has 0 atom stereocenters. The number of hydrogen-bond acceptors (Lipinski definition) is 6. The van der Waals surface area contributed by atoms with E-state index in [-0.39, 0.29) is 22.9 Å². The zero-order valence-electron chi connectivity index (χ0n) is 20.9. The Labute approximate surface area is 208 Å². The molecule has 4 rings (SSSR count). The number of carbonyl (C=O) groups excluding carboxylic acids is 1. The summed E-state index contributed by atoms with van der Waals surface area (Å²) in [5.74, 6) is 1.64. The minimum absolute atomic E-state index is 0.158. The molecule has 1 aliphatic heterocycles. The van der Waals surface area contributed by atoms with Crippen LogP contribution in [0.1, 0.15) is 57.8 Å². The average Bonchev–Trinajstić information content (AvgIpc) is 3.27. The summed E-state index contributed by atoms with van der Waals surface area (Å²) in [6.45, 7) is 8.45. The van der Waals surface area contributed by atoms with Gasteiger partial charge in [-0.3, -0.25) is 4.79 Å². The average molecular weight is 504 g/mol. The molecule has 1 aromatic carbocycles. The molecular weight excluding hydrogens is 471 g/mol. The number of nitrogens with zero attached hydrogens (tertiary/aromatic N) is 5. The summed E-state index contributed by atoms with van der Waals surface area (Å²) < 4.78 is 45.6. The van der Waals surface area contributed by atoms with Crippen molar-refractivity contribution in [3.05, 3.63) is 35.7 Å². The Hall–Kier alpha value is -3.17. The van der Waals surface area contributed by atoms with E-state index in [1.165, 1.54) is 6.07 Å². The molecule has 0 saturated carbocycles. The van der Waals surface area contributed by atoms with Crippen LogP contribution in [0.5, 0.6) is 0 Å². The monoisotopic (exact) mass is 503 g/mol. The molecule has 0 spiro atoms. The summed E-state index contributed by atoms with van der Waals surface area (Å²) in [6, 6.07) is 5.02. The van der Waals surface area contributed by atoms with Crippen LogP contribution in [0.3, 0.4) is 0 Å². The molecule has 1 saturated heterocycles. The lowest BCUT2D eigenvalue weighted by atomic mass is 10.0. The Bertz CT molecular complexity index is 1200. The van der Waals surface area contributed by atoms with E-state index in [1.807, 2.05) is 4.90 Å². The fourth-order valence-corrected chi connectivity index (χ4v) is 4.46. The molecule has 0 bridgehead atoms. The minimum Gasteiger partial charge on any atom is -0.352 e. The van der Waals surface area contributed by atoms with Gasteiger partial charge in [0.1, 0.15) is 22.7 Å². The second-order valence-corrected chi connectivity index (χ2v) is 9.68. The zero-order valence-corrected chi connectivity index (χ0v) is 20.9. The third-order valence-corrected chi connectivity index (χ3v) is 6.34. The molecule has 0 radical (unpaired) electrons. The van der Waals surface area contributed by atoms with Gasteiger partial charge < -0.3 is 14.3 Å². The summed E-state index contributed by atoms with van der Waals surface area (Å²) in [5, 5.41) is 4.60. The van der Waals surface area contributed by atoms with Gasteiger partial charge in [0.2, 0.25) is 5.91 Å². The van der Waals surface area contributed by atoms with Crippen molar-refractivity contribution in [3.63, 3.8) is 0 Å². The van der Waals surface area contributed by atoms with Crippen LogP contribution in [0.4, 0.5) is 19.0 Å². The quantitative estimate of drug-likeness (QED) is 0.366. The molecule has 36 heavy (non-hydrogen) atoms. The van der Waals surface area contributed by atoms with Crippen LogP contribution < -0.4 is 4.90 Å². The number of alkyl halides is 3. The largest absolute Gasteiger partial charge is 0.416 e. The Morgan fingerprint density at radius 3 is 2.53 bits per heavy atom. The van der Waals surface area contributed by atoms with Gasteiger partial charge in [0.15, 0.2) is 0 Å². The maximum Gasteiger partial charge on any atom is 0.416 e. The van der Waals surface area contributed by atoms with Gasteiger partial charge in [0.05, 0.1) is 5.56 Å². The highest BCUT2D eigenvalue weighted by atomic mass is 19.4. The number of carbonyl (C=O) groups is 1. The number of fused-ring (bicyclic) bond motifs is 1. The molecule has 0 aliphatic carbocycles. The first-order valence-electron chi connectivity index (χ1n) is 12.5. The van der Waals surface area contributed by atoms with E-state index in [0.29, 0.717) is 62.0 Å². The molecule has 7 nitrogen and oxygen atoms in total. The van der Waals surface area contributed by atoms with Gasteiger partial charge in [-0.1, -0.05) is 50.9 Å². The van der Waals surface area contributed by atoms with Crippen molar-refractivity contribution in [2.45, 2.75) is 59.1 Å². The number of halogens is 3. The van der Waals surface area contributed by atoms with Crippen LogP contribution in [0.2, 0.25) is 0 Å². The fraction of sp³-hybridized carbons (Fsp3) is 0.538. The summed E-state index contributed by atoms with van der Waals surface area (Å²) in [5.41, 5.74) is 0.0569. The molecular formula is C26H32F3N5O2. The predicted molar refractivity (Wildman–Crippen MR) is 132 cm³/mol. The van der Waals surface area contributed by atoms with Crippen LogP contribution in [0.15, 0.2) is 28.8 Å². The highest BCUT2D eigenvalue weighted by Crippen LogP contribution is 2.37. The Morgan fingerprint density at radius 2 is 1.86 bits per heavy atom. The number of rotatable bonds is 8. The van der Waals surface area contributed by atoms with Crippen molar-refractivity contribution in [2.75, 3.05) is 31.1 Å². The Balaban J connectivity index is 1.68. The van der Waals surface area contributed by atoms with Crippen molar-refractivity contribution in [2.24, 2.45) is 5.92 Å². The number of aromatic nitrogens is 3. The minimum atomic E-state index is -4.47. The molecule has 1 aliphatic rings. The van der Waals surface area contributed by atoms with Crippen molar-refractivity contribution < 1.29 is 22.5 Å². The van der Waals surface area contributed by atoms with Gasteiger partial charge in [-0.05, 0) is 24.5 Å². The van der Waals surface area contributed by atoms with Crippen LogP contribution in [0.25, 0.3) is 22.4 Å². The summed E-state index contributed by atoms with van der Waals surface area (Å²) >= 11 is 0. The smallest absolute Gasteiger partial charge is 0.352 e. The lowest BCUT2D eigenvalue weighted by molar-refractivity contribution is -0.137. The summed E-state index contributed by atoms with van der Waals surface area (Å²) in [7, 11) is 0. The van der Waals surface area contributed by atoms with E-state index in [9.17, 15) is 18.0 Å². The Kier molecular flexibility index (Phi) is 7.80. The SMILES string of the molecule is CCCCCC(=O)N1CCN(c2nc(CC(C)C)nc3onc(-c4cccc(C(F)(F)F)c4)c23)CC1. The van der Waals surface area contributed by atoms with Crippen molar-refractivity contribution in [1.29, 1.82) is 0 Å². The molecule has 2 aromatic heterocycles. The van der Waals surface area contributed by atoms with Gasteiger partial charge in [0.25, 0.3) is 5.71 Å². The number of unbranched alkanes of at least 4 members (excludes halogenated alkanes) is 2. The molecule has 3 aromatic rings. The van der Waals surface area contributed by atoms with Crippen LogP contribution >= 0.6 is 0 Å². The number of anilines is 1. The van der Waals surface area contributed by atoms with E-state index in [2.05, 4.69) is 35.8 Å². The zero-order chi connectivity index (χ0) is 25.9. The number of benzene rings is 1. The van der Waals surface area contributed by atoms with Gasteiger partial charge >= 0.3 is 6.18 Å². The molecule has 0 unspecified atom stereocenters. The van der Waals surface area contributed by atoms with Gasteiger partial charge in [0, 0.05) is 44.6 Å². The van der Waals surface area contributed by atoms with Crippen LogP contribution in [0, 0.1) is 5.92 Å². The number of hydrogen-bond donors (Lipinski definition) is 0. The summed E-state index contributed by atoms with van der Waals surface area (Å²) in [6.07, 6.45) is -0.305. The lowest BCUT2D eigenvalue weighted by Crippen LogP contribution is -2.49. The first-order valence-corrected chi connectivity index (χ1v) is 12.5. The van der Waals surface area contributed by atoms with E-state index in [4.69, 9.17) is 9.51 Å². The highest BCUT2D eigenvalue weighted by molar-refractivity contribution is 5.98. The van der Waals surface area contributed by atoms with E-state index in [0.717, 1.165) is 31.4 Å². The molecule has 3 heterocycles. The van der Waals surface area contributed by atoms with Crippen LogP contribution in [-0.4, -0.2) is 52.1 Å². The topological polar surface area (TPSA) is 75.4 Å². The molecule has 10 heteroatoms. The Morgan fingerprint density at radius 1 is 1.11 bits per heavy atom. The first-order chi connectivity index (χ1) is 17.2. The lowest BCUT2D eigenvalue weighted by Gasteiger charge is -2.35. The van der Waals surface area contributed by atoms with Crippen molar-refractivity contribution in [3.8, 4) is 11.3 Å². The number of amides is 1. The van der Waals surface area contributed by atoms with Crippen molar-refractivity contribution >= 4 is 22.8 Å². The normalized spacial score (nSPS) is 14.8. The van der Waals surface area contributed by atoms with Gasteiger partial charge in [-0.2, -0.15) is 18.2 Å². The molecule has 1 fully saturated rings. The third-order valence-electron chi connectivity index (χ3n) is 6.34. The molecule has 0 N–H and O–H groups in total. The second-order valence-electron chi connectivity index (χ2n) is 9.68. The number of piperazine rings is 1. The van der Waals surface area contributed by atoms with Gasteiger partial charge in [-0.25, -0.2) is 4.98 Å².